The molecule has 0 fully saturated rings. The Morgan fingerprint density at radius 2 is 2.04 bits per heavy atom. The van der Waals surface area contributed by atoms with Gasteiger partial charge in [-0.3, -0.25) is 29.5 Å². The molecular formula is C15H18N4O5. The van der Waals surface area contributed by atoms with Gasteiger partial charge >= 0.3 is 0 Å². The zero-order valence-corrected chi connectivity index (χ0v) is 13.0. The van der Waals surface area contributed by atoms with Gasteiger partial charge in [-0.25, -0.2) is 10.5 Å². The first-order chi connectivity index (χ1) is 11.5. The lowest BCUT2D eigenvalue weighted by molar-refractivity contribution is -0.384. The van der Waals surface area contributed by atoms with Crippen LogP contribution >= 0.6 is 0 Å². The van der Waals surface area contributed by atoms with Gasteiger partial charge in [0.05, 0.1) is 22.2 Å². The number of carbonyl (C=O) groups excluding carboxylic acids is 1. The van der Waals surface area contributed by atoms with E-state index in [-0.39, 0.29) is 17.7 Å². The molecule has 2 N–H and O–H groups in total. The highest BCUT2D eigenvalue weighted by molar-refractivity contribution is 5.79. The third-order valence-electron chi connectivity index (χ3n) is 3.70. The minimum absolute atomic E-state index is 0.0981. The number of aromatic nitrogens is 2. The number of nitro benzene ring substituents is 1. The quantitative estimate of drug-likeness (QED) is 0.328. The Kier molecular flexibility index (Phi) is 5.96. The standard InChI is InChI=1S/C15H18N4O5/c20-14(17-22)5-3-1-2-4-8-18-10-16-13-9-11(19(23)24)6-7-12(13)15(18)21/h6-7,9-10,22H,1-5,8H2,(H,17,20). The SMILES string of the molecule is O=C(CCCCCCn1cnc2cc([N+](=O)[O-])ccc2c1=O)NO. The number of nitrogens with zero attached hydrogens (tertiary/aromatic N) is 3. The topological polar surface area (TPSA) is 127 Å². The van der Waals surface area contributed by atoms with Gasteiger partial charge in [0.2, 0.25) is 5.91 Å². The molecule has 0 aliphatic heterocycles. The summed E-state index contributed by atoms with van der Waals surface area (Å²) in [7, 11) is 0. The maximum atomic E-state index is 12.3. The van der Waals surface area contributed by atoms with Crippen LogP contribution in [0.5, 0.6) is 0 Å². The molecule has 0 saturated heterocycles. The van der Waals surface area contributed by atoms with Gasteiger partial charge in [0.15, 0.2) is 0 Å². The van der Waals surface area contributed by atoms with Gasteiger partial charge in [0.25, 0.3) is 11.2 Å². The Labute approximate surface area is 137 Å². The van der Waals surface area contributed by atoms with E-state index in [9.17, 15) is 19.7 Å². The number of hydrogen-bond donors (Lipinski definition) is 2. The highest BCUT2D eigenvalue weighted by Crippen LogP contribution is 2.16. The van der Waals surface area contributed by atoms with Crippen LogP contribution in [-0.4, -0.2) is 25.6 Å². The molecule has 9 heteroatoms. The summed E-state index contributed by atoms with van der Waals surface area (Å²) in [6, 6.07) is 4.00. The third-order valence-corrected chi connectivity index (χ3v) is 3.70. The van der Waals surface area contributed by atoms with E-state index >= 15 is 0 Å². The summed E-state index contributed by atoms with van der Waals surface area (Å²) in [5.41, 5.74) is 1.56. The number of hydrogen-bond acceptors (Lipinski definition) is 6. The summed E-state index contributed by atoms with van der Waals surface area (Å²) in [6.07, 6.45) is 4.74. The Balaban J connectivity index is 1.94. The maximum absolute atomic E-state index is 12.3. The smallest absolute Gasteiger partial charge is 0.271 e. The number of benzene rings is 1. The van der Waals surface area contributed by atoms with Gasteiger partial charge in [0, 0.05) is 25.1 Å². The fourth-order valence-electron chi connectivity index (χ4n) is 2.40. The van der Waals surface area contributed by atoms with Gasteiger partial charge < -0.3 is 0 Å². The maximum Gasteiger partial charge on any atom is 0.271 e. The molecule has 2 rings (SSSR count). The summed E-state index contributed by atoms with van der Waals surface area (Å²) in [6.45, 7) is 0.491. The number of unbranched alkanes of at least 4 members (excludes halogenated alkanes) is 3. The van der Waals surface area contributed by atoms with Crippen molar-refractivity contribution >= 4 is 22.5 Å². The van der Waals surface area contributed by atoms with E-state index in [1.54, 1.807) is 5.48 Å². The van der Waals surface area contributed by atoms with E-state index in [0.29, 0.717) is 23.9 Å². The van der Waals surface area contributed by atoms with E-state index in [0.717, 1.165) is 19.3 Å². The average molecular weight is 334 g/mol. The summed E-state index contributed by atoms with van der Waals surface area (Å²) in [4.78, 5) is 37.5. The Bertz CT molecular complexity index is 802. The first-order valence-corrected chi connectivity index (χ1v) is 7.59. The van der Waals surface area contributed by atoms with Gasteiger partial charge in [-0.15, -0.1) is 0 Å². The molecule has 1 aromatic heterocycles. The van der Waals surface area contributed by atoms with Crippen molar-refractivity contribution in [2.24, 2.45) is 0 Å². The molecule has 24 heavy (non-hydrogen) atoms. The molecule has 0 bridgehead atoms. The van der Waals surface area contributed by atoms with E-state index in [4.69, 9.17) is 5.21 Å². The van der Waals surface area contributed by atoms with E-state index in [1.165, 1.54) is 29.1 Å². The van der Waals surface area contributed by atoms with Crippen LogP contribution in [0, 0.1) is 10.1 Å². The summed E-state index contributed by atoms with van der Waals surface area (Å²) in [5, 5.41) is 19.5. The molecule has 1 amide bonds. The first-order valence-electron chi connectivity index (χ1n) is 7.59. The third kappa shape index (κ3) is 4.35. The minimum atomic E-state index is -0.524. The van der Waals surface area contributed by atoms with Crippen LogP contribution in [0.15, 0.2) is 29.3 Å². The van der Waals surface area contributed by atoms with Gasteiger partial charge in [-0.2, -0.15) is 0 Å². The molecule has 0 unspecified atom stereocenters. The second kappa shape index (κ2) is 8.16. The monoisotopic (exact) mass is 334 g/mol. The van der Waals surface area contributed by atoms with Crippen molar-refractivity contribution in [3.63, 3.8) is 0 Å². The van der Waals surface area contributed by atoms with Crippen LogP contribution in [-0.2, 0) is 11.3 Å². The minimum Gasteiger partial charge on any atom is -0.299 e. The molecule has 0 aliphatic carbocycles. The number of fused-ring (bicyclic) bond motifs is 1. The fourth-order valence-corrected chi connectivity index (χ4v) is 2.40. The molecule has 2 aromatic rings. The lowest BCUT2D eigenvalue weighted by Gasteiger charge is -2.06. The number of rotatable bonds is 8. The van der Waals surface area contributed by atoms with Crippen LogP contribution < -0.4 is 11.0 Å². The Morgan fingerprint density at radius 1 is 1.29 bits per heavy atom. The van der Waals surface area contributed by atoms with Gasteiger partial charge in [-0.1, -0.05) is 12.8 Å². The van der Waals surface area contributed by atoms with Gasteiger partial charge in [-0.05, 0) is 18.9 Å². The van der Waals surface area contributed by atoms with Crippen LogP contribution in [0.2, 0.25) is 0 Å². The van der Waals surface area contributed by atoms with Gasteiger partial charge in [0.1, 0.15) is 0 Å². The number of hydroxylamine groups is 1. The Hall–Kier alpha value is -2.81. The number of aryl methyl sites for hydroxylation is 1. The lowest BCUT2D eigenvalue weighted by Crippen LogP contribution is -2.20. The van der Waals surface area contributed by atoms with Crippen molar-refractivity contribution in [2.75, 3.05) is 0 Å². The Morgan fingerprint density at radius 3 is 2.75 bits per heavy atom. The summed E-state index contributed by atoms with van der Waals surface area (Å²) in [5.74, 6) is -0.404. The predicted octanol–water partition coefficient (Wildman–Crippen LogP) is 1.76. The lowest BCUT2D eigenvalue weighted by atomic mass is 10.1. The van der Waals surface area contributed by atoms with Crippen LogP contribution in [0.4, 0.5) is 5.69 Å². The molecule has 0 spiro atoms. The normalized spacial score (nSPS) is 10.7. The van der Waals surface area contributed by atoms with Crippen molar-refractivity contribution in [1.82, 2.24) is 15.0 Å². The van der Waals surface area contributed by atoms with Crippen LogP contribution in [0.3, 0.4) is 0 Å². The number of nitrogens with one attached hydrogen (secondary N) is 1. The predicted molar refractivity (Wildman–Crippen MR) is 85.7 cm³/mol. The summed E-state index contributed by atoms with van der Waals surface area (Å²) >= 11 is 0. The van der Waals surface area contributed by atoms with Crippen molar-refractivity contribution in [2.45, 2.75) is 38.6 Å². The molecule has 9 nitrogen and oxygen atoms in total. The van der Waals surface area contributed by atoms with E-state index in [1.807, 2.05) is 0 Å². The number of nitro groups is 1. The largest absolute Gasteiger partial charge is 0.299 e. The molecule has 1 aromatic carbocycles. The molecule has 1 heterocycles. The molecule has 0 aliphatic rings. The molecule has 0 radical (unpaired) electrons. The van der Waals surface area contributed by atoms with Crippen molar-refractivity contribution in [1.29, 1.82) is 0 Å². The van der Waals surface area contributed by atoms with Crippen molar-refractivity contribution in [3.8, 4) is 0 Å². The van der Waals surface area contributed by atoms with Crippen molar-refractivity contribution in [3.05, 3.63) is 45.0 Å². The van der Waals surface area contributed by atoms with Crippen molar-refractivity contribution < 1.29 is 14.9 Å². The first kappa shape index (κ1) is 17.5. The zero-order valence-electron chi connectivity index (χ0n) is 13.0. The molecular weight excluding hydrogens is 316 g/mol. The van der Waals surface area contributed by atoms with E-state index < -0.39 is 10.8 Å². The summed E-state index contributed by atoms with van der Waals surface area (Å²) < 4.78 is 1.48. The van der Waals surface area contributed by atoms with E-state index in [2.05, 4.69) is 4.98 Å². The highest BCUT2D eigenvalue weighted by atomic mass is 16.6. The second-order valence-corrected chi connectivity index (χ2v) is 5.40. The molecule has 128 valence electrons. The number of amides is 1. The molecule has 0 saturated carbocycles. The second-order valence-electron chi connectivity index (χ2n) is 5.40. The highest BCUT2D eigenvalue weighted by Gasteiger charge is 2.10. The zero-order chi connectivity index (χ0) is 17.5. The average Bonchev–Trinajstić information content (AvgIpc) is 2.58. The van der Waals surface area contributed by atoms with Crippen LogP contribution in [0.25, 0.3) is 10.9 Å². The van der Waals surface area contributed by atoms with Crippen LogP contribution in [0.1, 0.15) is 32.1 Å². The fraction of sp³-hybridized carbons (Fsp3) is 0.400. The molecule has 0 atom stereocenters. The number of carbonyl (C=O) groups is 1. The number of non-ortho nitro benzene ring substituents is 1.